The number of nitrogens with zero attached hydrogens (tertiary/aromatic N) is 2. The van der Waals surface area contributed by atoms with Gasteiger partial charge in [0.15, 0.2) is 9.84 Å². The van der Waals surface area contributed by atoms with Crippen molar-refractivity contribution in [3.8, 4) is 0 Å². The summed E-state index contributed by atoms with van der Waals surface area (Å²) in [4.78, 5) is 12.1. The van der Waals surface area contributed by atoms with Gasteiger partial charge in [0, 0.05) is 24.6 Å². The molecule has 21 heavy (non-hydrogen) atoms. The molecule has 0 unspecified atom stereocenters. The molecule has 1 aromatic carbocycles. The van der Waals surface area contributed by atoms with E-state index < -0.39 is 9.84 Å². The lowest BCUT2D eigenvalue weighted by Crippen LogP contribution is -2.27. The average Bonchev–Trinajstić information content (AvgIpc) is 2.83. The van der Waals surface area contributed by atoms with Crippen LogP contribution in [0, 0.1) is 0 Å². The van der Waals surface area contributed by atoms with Crippen LogP contribution in [-0.2, 0) is 16.4 Å². The van der Waals surface area contributed by atoms with E-state index in [-0.39, 0.29) is 10.8 Å². The zero-order valence-corrected chi connectivity index (χ0v) is 12.3. The lowest BCUT2D eigenvalue weighted by atomic mass is 10.2. The molecular formula is C13H16N4O3S. The number of anilines is 1. The third-order valence-electron chi connectivity index (χ3n) is 2.80. The van der Waals surface area contributed by atoms with Crippen LogP contribution in [0.5, 0.6) is 0 Å². The van der Waals surface area contributed by atoms with Crippen LogP contribution in [0.15, 0.2) is 41.6 Å². The number of nitrogens with two attached hydrogens (primary N) is 1. The van der Waals surface area contributed by atoms with Gasteiger partial charge in [0.05, 0.1) is 23.3 Å². The molecule has 0 atom stereocenters. The van der Waals surface area contributed by atoms with E-state index >= 15 is 0 Å². The van der Waals surface area contributed by atoms with Crippen LogP contribution in [0.2, 0.25) is 0 Å². The Morgan fingerprint density at radius 1 is 1.43 bits per heavy atom. The largest absolute Gasteiger partial charge is 0.396 e. The van der Waals surface area contributed by atoms with Gasteiger partial charge in [-0.3, -0.25) is 9.48 Å². The van der Waals surface area contributed by atoms with E-state index in [1.165, 1.54) is 18.3 Å². The van der Waals surface area contributed by atoms with Gasteiger partial charge in [-0.25, -0.2) is 8.42 Å². The Labute approximate surface area is 122 Å². The SMILES string of the molecule is CS(=O)(=O)c1cccc(C(=O)NCCn2cc(N)cn2)c1. The van der Waals surface area contributed by atoms with Crippen molar-refractivity contribution in [2.45, 2.75) is 11.4 Å². The van der Waals surface area contributed by atoms with Crippen molar-refractivity contribution in [1.29, 1.82) is 0 Å². The van der Waals surface area contributed by atoms with E-state index in [4.69, 9.17) is 5.73 Å². The van der Waals surface area contributed by atoms with Gasteiger partial charge in [-0.15, -0.1) is 0 Å². The van der Waals surface area contributed by atoms with Crippen LogP contribution in [0.1, 0.15) is 10.4 Å². The molecule has 0 saturated heterocycles. The first-order valence-electron chi connectivity index (χ1n) is 6.22. The number of benzene rings is 1. The van der Waals surface area contributed by atoms with Crippen LogP contribution >= 0.6 is 0 Å². The summed E-state index contributed by atoms with van der Waals surface area (Å²) in [6.07, 6.45) is 4.29. The summed E-state index contributed by atoms with van der Waals surface area (Å²) in [5.41, 5.74) is 6.39. The monoisotopic (exact) mass is 308 g/mol. The predicted octanol–water partition coefficient (Wildman–Crippen LogP) is 0.299. The van der Waals surface area contributed by atoms with Crippen LogP contribution in [0.25, 0.3) is 0 Å². The Hall–Kier alpha value is -2.35. The van der Waals surface area contributed by atoms with Crippen molar-refractivity contribution in [1.82, 2.24) is 15.1 Å². The first-order valence-corrected chi connectivity index (χ1v) is 8.11. The number of carbonyl (C=O) groups excluding carboxylic acids is 1. The summed E-state index contributed by atoms with van der Waals surface area (Å²) in [5, 5.41) is 6.69. The number of sulfone groups is 1. The maximum Gasteiger partial charge on any atom is 0.251 e. The molecular weight excluding hydrogens is 292 g/mol. The molecule has 0 aliphatic carbocycles. The van der Waals surface area contributed by atoms with Gasteiger partial charge in [-0.05, 0) is 18.2 Å². The normalized spacial score (nSPS) is 11.3. The Bertz CT molecular complexity index is 752. The fraction of sp³-hybridized carbons (Fsp3) is 0.231. The molecule has 0 saturated carbocycles. The van der Waals surface area contributed by atoms with Crippen LogP contribution in [0.4, 0.5) is 5.69 Å². The number of aromatic nitrogens is 2. The third kappa shape index (κ3) is 4.06. The second kappa shape index (κ2) is 5.96. The standard InChI is InChI=1S/C13H16N4O3S/c1-21(19,20)12-4-2-3-10(7-12)13(18)15-5-6-17-9-11(14)8-16-17/h2-4,7-9H,5-6,14H2,1H3,(H,15,18). The molecule has 8 heteroatoms. The summed E-state index contributed by atoms with van der Waals surface area (Å²) in [7, 11) is -3.33. The van der Waals surface area contributed by atoms with E-state index in [1.54, 1.807) is 23.0 Å². The molecule has 1 heterocycles. The molecule has 0 aliphatic heterocycles. The van der Waals surface area contributed by atoms with Crippen LogP contribution in [-0.4, -0.2) is 36.9 Å². The molecule has 7 nitrogen and oxygen atoms in total. The van der Waals surface area contributed by atoms with Crippen molar-refractivity contribution in [2.24, 2.45) is 0 Å². The fourth-order valence-corrected chi connectivity index (χ4v) is 2.42. The number of hydrogen-bond donors (Lipinski definition) is 2. The van der Waals surface area contributed by atoms with Gasteiger partial charge in [-0.2, -0.15) is 5.10 Å². The number of rotatable bonds is 5. The molecule has 0 spiro atoms. The smallest absolute Gasteiger partial charge is 0.251 e. The van der Waals surface area contributed by atoms with Gasteiger partial charge in [0.2, 0.25) is 0 Å². The zero-order valence-electron chi connectivity index (χ0n) is 11.5. The first kappa shape index (κ1) is 15.0. The maximum atomic E-state index is 12.0. The van der Waals surface area contributed by atoms with Gasteiger partial charge in [0.1, 0.15) is 0 Å². The van der Waals surface area contributed by atoms with Crippen molar-refractivity contribution in [3.63, 3.8) is 0 Å². The van der Waals surface area contributed by atoms with Crippen molar-refractivity contribution in [2.75, 3.05) is 18.5 Å². The first-order chi connectivity index (χ1) is 9.86. The molecule has 1 aromatic heterocycles. The summed E-state index contributed by atoms with van der Waals surface area (Å²) < 4.78 is 24.5. The zero-order chi connectivity index (χ0) is 15.5. The number of amides is 1. The quantitative estimate of drug-likeness (QED) is 0.826. The number of carbonyl (C=O) groups is 1. The second-order valence-electron chi connectivity index (χ2n) is 4.59. The minimum Gasteiger partial charge on any atom is -0.396 e. The Kier molecular flexibility index (Phi) is 4.27. The number of hydrogen-bond acceptors (Lipinski definition) is 5. The number of nitrogens with one attached hydrogen (secondary N) is 1. The van der Waals surface area contributed by atoms with Crippen molar-refractivity contribution in [3.05, 3.63) is 42.2 Å². The van der Waals surface area contributed by atoms with Gasteiger partial charge < -0.3 is 11.1 Å². The Balaban J connectivity index is 1.97. The van der Waals surface area contributed by atoms with E-state index in [0.717, 1.165) is 6.26 Å². The fourth-order valence-electron chi connectivity index (χ4n) is 1.76. The third-order valence-corrected chi connectivity index (χ3v) is 3.91. The molecule has 0 bridgehead atoms. The van der Waals surface area contributed by atoms with Gasteiger partial charge >= 0.3 is 0 Å². The highest BCUT2D eigenvalue weighted by Gasteiger charge is 2.11. The average molecular weight is 308 g/mol. The topological polar surface area (TPSA) is 107 Å². The predicted molar refractivity (Wildman–Crippen MR) is 78.5 cm³/mol. The van der Waals surface area contributed by atoms with E-state index in [9.17, 15) is 13.2 Å². The van der Waals surface area contributed by atoms with Crippen molar-refractivity contribution < 1.29 is 13.2 Å². The highest BCUT2D eigenvalue weighted by molar-refractivity contribution is 7.90. The van der Waals surface area contributed by atoms with E-state index in [0.29, 0.717) is 24.3 Å². The second-order valence-corrected chi connectivity index (χ2v) is 6.61. The summed E-state index contributed by atoms with van der Waals surface area (Å²) in [6, 6.07) is 5.92. The maximum absolute atomic E-state index is 12.0. The van der Waals surface area contributed by atoms with Crippen molar-refractivity contribution >= 4 is 21.4 Å². The number of nitrogen functional groups attached to an aromatic ring is 1. The molecule has 112 valence electrons. The molecule has 2 rings (SSSR count). The summed E-state index contributed by atoms with van der Waals surface area (Å²) in [5.74, 6) is -0.333. The minimum absolute atomic E-state index is 0.120. The molecule has 0 aliphatic rings. The summed E-state index contributed by atoms with van der Waals surface area (Å²) >= 11 is 0. The molecule has 2 aromatic rings. The van der Waals surface area contributed by atoms with Gasteiger partial charge in [0.25, 0.3) is 5.91 Å². The van der Waals surface area contributed by atoms with E-state index in [1.807, 2.05) is 0 Å². The Morgan fingerprint density at radius 2 is 2.19 bits per heavy atom. The van der Waals surface area contributed by atoms with E-state index in [2.05, 4.69) is 10.4 Å². The van der Waals surface area contributed by atoms with Gasteiger partial charge in [-0.1, -0.05) is 6.07 Å². The van der Waals surface area contributed by atoms with Crippen LogP contribution < -0.4 is 11.1 Å². The lowest BCUT2D eigenvalue weighted by molar-refractivity contribution is 0.0951. The minimum atomic E-state index is -3.33. The lowest BCUT2D eigenvalue weighted by Gasteiger charge is -2.06. The molecule has 0 radical (unpaired) electrons. The highest BCUT2D eigenvalue weighted by Crippen LogP contribution is 2.11. The molecule has 3 N–H and O–H groups in total. The highest BCUT2D eigenvalue weighted by atomic mass is 32.2. The molecule has 0 fully saturated rings. The molecule has 1 amide bonds. The summed E-state index contributed by atoms with van der Waals surface area (Å²) in [6.45, 7) is 0.845. The van der Waals surface area contributed by atoms with Crippen LogP contribution in [0.3, 0.4) is 0 Å². The Morgan fingerprint density at radius 3 is 2.81 bits per heavy atom.